The number of aromatic amines is 1. The zero-order valence-electron chi connectivity index (χ0n) is 23.1. The van der Waals surface area contributed by atoms with Crippen LogP contribution in [-0.2, 0) is 39.2 Å². The molecule has 8 N–H and O–H groups in total. The minimum Gasteiger partial charge on any atom is -0.388 e. The predicted molar refractivity (Wildman–Crippen MR) is 155 cm³/mol. The summed E-state index contributed by atoms with van der Waals surface area (Å²) in [7, 11) is -5.08. The Labute approximate surface area is 260 Å². The molecule has 46 heavy (non-hydrogen) atoms. The number of halogens is 1. The number of H-pyrrole nitrogens is 1. The van der Waals surface area contributed by atoms with Crippen molar-refractivity contribution in [2.45, 2.75) is 49.3 Å². The van der Waals surface area contributed by atoms with Gasteiger partial charge in [0.1, 0.15) is 36.3 Å². The lowest BCUT2D eigenvalue weighted by Gasteiger charge is -2.31. The average molecular weight is 703 g/mol. The summed E-state index contributed by atoms with van der Waals surface area (Å²) in [6.45, 7) is -5.43. The number of anilines is 2. The van der Waals surface area contributed by atoms with E-state index in [0.29, 0.717) is 17.6 Å². The van der Waals surface area contributed by atoms with Crippen molar-refractivity contribution in [2.75, 3.05) is 24.7 Å². The van der Waals surface area contributed by atoms with E-state index in [-0.39, 0.29) is 22.9 Å². The van der Waals surface area contributed by atoms with Gasteiger partial charge in [0, 0.05) is 5.41 Å². The first-order valence-corrected chi connectivity index (χ1v) is 17.8. The minimum absolute atomic E-state index is 0.119. The molecule has 0 amide bonds. The van der Waals surface area contributed by atoms with E-state index in [2.05, 4.69) is 29.9 Å². The van der Waals surface area contributed by atoms with Crippen molar-refractivity contribution in [3.05, 3.63) is 29.3 Å². The Kier molecular flexibility index (Phi) is 6.75. The van der Waals surface area contributed by atoms with Gasteiger partial charge in [-0.25, -0.2) is 28.9 Å². The standard InChI is InChI=1S/C22H25FN10O10P2S/c23-9-8-2-39-45(38,46)43-15-13(34)12(32-5-28-10-16(24)26-4-27-17(10)32)7-1-22(7,15)3-40-44(36,37)42-14(9)20(41-8)33-6-29-11-18(33)30-21(25)31-19(11)35/h4-9,12-15,20,34H,1-3H2,(H,36,37)(H,38,46)(H2,24,26,27)(H3,25,30,31,35). The molecular weight excluding hydrogens is 677 g/mol. The van der Waals surface area contributed by atoms with E-state index in [1.807, 2.05) is 0 Å². The number of hydrogen-bond donors (Lipinski definition) is 6. The van der Waals surface area contributed by atoms with Crippen molar-refractivity contribution >= 4 is 60.4 Å². The number of rotatable bonds is 2. The number of phosphoric ester groups is 1. The maximum Gasteiger partial charge on any atom is 0.472 e. The summed E-state index contributed by atoms with van der Waals surface area (Å²) in [5.41, 5.74) is 10.1. The van der Waals surface area contributed by atoms with Gasteiger partial charge in [-0.3, -0.25) is 23.4 Å². The number of ether oxygens (including phenoxy) is 1. The molecule has 4 aliphatic rings. The SMILES string of the molecule is Nc1nc2c(ncn2C2OC3COP(O)(=S)OC4C(O)C(n5cnc6c(N)ncnc65)C5CC54COP(=O)(O)OC2C3F)c(=O)[nH]1. The predicted octanol–water partition coefficient (Wildman–Crippen LogP) is -0.584. The second-order valence-corrected chi connectivity index (χ2v) is 15.7. The van der Waals surface area contributed by atoms with Gasteiger partial charge in [0.2, 0.25) is 5.95 Å². The molecule has 11 atom stereocenters. The first kappa shape index (κ1) is 30.3. The number of phosphoric acid groups is 1. The minimum atomic E-state index is -5.08. The van der Waals surface area contributed by atoms with Gasteiger partial charge in [0.25, 0.3) is 5.56 Å². The van der Waals surface area contributed by atoms with E-state index in [0.717, 1.165) is 10.9 Å². The van der Waals surface area contributed by atoms with Crippen molar-refractivity contribution in [1.82, 2.24) is 39.0 Å². The number of aliphatic hydroxyl groups excluding tert-OH is 1. The van der Waals surface area contributed by atoms with Crippen LogP contribution in [0.1, 0.15) is 18.7 Å². The molecule has 8 rings (SSSR count). The van der Waals surface area contributed by atoms with Crippen molar-refractivity contribution in [3.63, 3.8) is 0 Å². The number of alkyl halides is 1. The number of aliphatic hydroxyl groups is 1. The van der Waals surface area contributed by atoms with Gasteiger partial charge in [-0.1, -0.05) is 0 Å². The Balaban J connectivity index is 1.14. The molecule has 2 saturated carbocycles. The molecule has 2 saturated heterocycles. The van der Waals surface area contributed by atoms with Crippen LogP contribution in [0, 0.1) is 11.3 Å². The Hall–Kier alpha value is -3.01. The van der Waals surface area contributed by atoms with Gasteiger partial charge in [-0.05, 0) is 24.1 Å². The highest BCUT2D eigenvalue weighted by atomic mass is 32.5. The largest absolute Gasteiger partial charge is 0.472 e. The number of nitrogens with two attached hydrogens (primary N) is 2. The molecule has 24 heteroatoms. The summed E-state index contributed by atoms with van der Waals surface area (Å²) in [5.74, 6) is -0.598. The summed E-state index contributed by atoms with van der Waals surface area (Å²) >= 11 is 5.26. The van der Waals surface area contributed by atoms with Crippen molar-refractivity contribution in [3.8, 4) is 0 Å². The third-order valence-corrected chi connectivity index (χ3v) is 11.4. The van der Waals surface area contributed by atoms with E-state index in [1.54, 1.807) is 4.57 Å². The van der Waals surface area contributed by atoms with Crippen LogP contribution >= 0.6 is 14.5 Å². The lowest BCUT2D eigenvalue weighted by atomic mass is 10.0. The van der Waals surface area contributed by atoms with Crippen LogP contribution in [0.4, 0.5) is 16.2 Å². The van der Waals surface area contributed by atoms with Crippen LogP contribution in [0.15, 0.2) is 23.8 Å². The molecule has 2 aliphatic heterocycles. The molecular formula is C22H25FN10O10P2S. The summed E-state index contributed by atoms with van der Waals surface area (Å²) in [5, 5.41) is 11.5. The third-order valence-electron chi connectivity index (χ3n) is 8.91. The highest BCUT2D eigenvalue weighted by Crippen LogP contribution is 2.72. The number of nitrogens with one attached hydrogen (secondary N) is 1. The summed E-state index contributed by atoms with van der Waals surface area (Å²) in [4.78, 5) is 57.0. The van der Waals surface area contributed by atoms with Gasteiger partial charge >= 0.3 is 14.5 Å². The van der Waals surface area contributed by atoms with E-state index in [1.165, 1.54) is 12.7 Å². The first-order valence-electron chi connectivity index (χ1n) is 13.7. The number of nitrogen functional groups attached to an aromatic ring is 2. The normalized spacial score (nSPS) is 41.0. The van der Waals surface area contributed by atoms with Gasteiger partial charge < -0.3 is 44.7 Å². The first-order chi connectivity index (χ1) is 21.8. The number of fused-ring (bicyclic) bond motifs is 4. The van der Waals surface area contributed by atoms with Crippen LogP contribution < -0.4 is 17.0 Å². The molecule has 20 nitrogen and oxygen atoms in total. The van der Waals surface area contributed by atoms with Crippen LogP contribution in [-0.4, -0.2) is 97.7 Å². The molecule has 4 fully saturated rings. The van der Waals surface area contributed by atoms with Crippen molar-refractivity contribution in [2.24, 2.45) is 11.3 Å². The quantitative estimate of drug-likeness (QED) is 0.142. The van der Waals surface area contributed by atoms with E-state index < -0.39 is 87.5 Å². The molecule has 1 spiro atoms. The zero-order valence-corrected chi connectivity index (χ0v) is 25.7. The number of nitrogens with zero attached hydrogens (tertiary/aromatic N) is 7. The van der Waals surface area contributed by atoms with Gasteiger partial charge in [-0.15, -0.1) is 0 Å². The topological polar surface area (TPSA) is 283 Å². The van der Waals surface area contributed by atoms with Crippen LogP contribution in [0.5, 0.6) is 0 Å². The molecule has 2 aliphatic carbocycles. The second kappa shape index (κ2) is 10.2. The summed E-state index contributed by atoms with van der Waals surface area (Å²) in [6.07, 6.45) is -5.58. The fourth-order valence-corrected chi connectivity index (χ4v) is 9.25. The molecule has 4 aromatic rings. The lowest BCUT2D eigenvalue weighted by molar-refractivity contribution is -0.0610. The zero-order chi connectivity index (χ0) is 32.3. The van der Waals surface area contributed by atoms with Crippen LogP contribution in [0.2, 0.25) is 0 Å². The Bertz CT molecular complexity index is 2050. The monoisotopic (exact) mass is 702 g/mol. The smallest absolute Gasteiger partial charge is 0.388 e. The molecule has 0 radical (unpaired) electrons. The number of aromatic nitrogens is 8. The Morgan fingerprint density at radius 1 is 1.09 bits per heavy atom. The second-order valence-electron chi connectivity index (χ2n) is 11.5. The fourth-order valence-electron chi connectivity index (χ4n) is 6.78. The third kappa shape index (κ3) is 4.63. The molecule has 6 heterocycles. The van der Waals surface area contributed by atoms with Crippen LogP contribution in [0.25, 0.3) is 22.3 Å². The molecule has 0 aromatic carbocycles. The molecule has 4 aromatic heterocycles. The molecule has 11 unspecified atom stereocenters. The van der Waals surface area contributed by atoms with Gasteiger partial charge in [-0.2, -0.15) is 4.98 Å². The van der Waals surface area contributed by atoms with E-state index in [4.69, 9.17) is 46.1 Å². The highest BCUT2D eigenvalue weighted by Gasteiger charge is 2.74. The maximum absolute atomic E-state index is 15.9. The molecule has 246 valence electrons. The molecule has 2 bridgehead atoms. The van der Waals surface area contributed by atoms with E-state index >= 15 is 4.39 Å². The Morgan fingerprint density at radius 3 is 2.65 bits per heavy atom. The van der Waals surface area contributed by atoms with Crippen molar-refractivity contribution < 1.29 is 46.7 Å². The average Bonchev–Trinajstić information content (AvgIpc) is 3.26. The van der Waals surface area contributed by atoms with Crippen LogP contribution in [0.3, 0.4) is 0 Å². The Morgan fingerprint density at radius 2 is 1.85 bits per heavy atom. The summed E-state index contributed by atoms with van der Waals surface area (Å²) in [6, 6.07) is -0.758. The summed E-state index contributed by atoms with van der Waals surface area (Å²) < 4.78 is 59.9. The maximum atomic E-state index is 15.9. The van der Waals surface area contributed by atoms with Gasteiger partial charge in [0.15, 0.2) is 35.0 Å². The number of imidazole rings is 2. The fraction of sp³-hybridized carbons (Fsp3) is 0.545. The highest BCUT2D eigenvalue weighted by molar-refractivity contribution is 8.07. The van der Waals surface area contributed by atoms with Gasteiger partial charge in [0.05, 0.1) is 31.9 Å². The van der Waals surface area contributed by atoms with Crippen molar-refractivity contribution in [1.29, 1.82) is 0 Å². The van der Waals surface area contributed by atoms with E-state index in [9.17, 15) is 24.3 Å². The number of hydrogen-bond acceptors (Lipinski definition) is 16. The lowest BCUT2D eigenvalue weighted by Crippen LogP contribution is -2.38.